The molecule has 1 aromatic heterocycles. The topological polar surface area (TPSA) is 60.3 Å². The fourth-order valence-electron chi connectivity index (χ4n) is 3.00. The zero-order valence-corrected chi connectivity index (χ0v) is 13.9. The molecule has 1 amide bonds. The maximum absolute atomic E-state index is 13.3. The van der Waals surface area contributed by atoms with Gasteiger partial charge in [-0.15, -0.1) is 0 Å². The van der Waals surface area contributed by atoms with Crippen molar-refractivity contribution in [2.75, 3.05) is 18.5 Å². The van der Waals surface area contributed by atoms with Gasteiger partial charge in [0.25, 0.3) is 5.56 Å². The fourth-order valence-corrected chi connectivity index (χ4v) is 3.00. The molecule has 25 heavy (non-hydrogen) atoms. The summed E-state index contributed by atoms with van der Waals surface area (Å²) in [6, 6.07) is 9.09. The molecule has 1 atom stereocenters. The van der Waals surface area contributed by atoms with E-state index in [1.807, 2.05) is 0 Å². The maximum atomic E-state index is 13.3. The zero-order valence-electron chi connectivity index (χ0n) is 13.9. The third-order valence-corrected chi connectivity index (χ3v) is 4.24. The highest BCUT2D eigenvalue weighted by molar-refractivity contribution is 5.90. The minimum absolute atomic E-state index is 0.0912. The van der Waals surface area contributed by atoms with Gasteiger partial charge in [-0.1, -0.05) is 12.1 Å². The summed E-state index contributed by atoms with van der Waals surface area (Å²) in [4.78, 5) is 24.2. The lowest BCUT2D eigenvalue weighted by atomic mass is 9.98. The van der Waals surface area contributed by atoms with Crippen LogP contribution in [0.4, 0.5) is 10.1 Å². The molecule has 1 aliphatic rings. The summed E-state index contributed by atoms with van der Waals surface area (Å²) in [5.41, 5.74) is 1.03. The average molecular weight is 344 g/mol. The molecule has 6 heteroatoms. The van der Waals surface area contributed by atoms with Crippen molar-refractivity contribution in [2.24, 2.45) is 5.92 Å². The highest BCUT2D eigenvalue weighted by Gasteiger charge is 2.17. The van der Waals surface area contributed by atoms with Crippen LogP contribution in [-0.2, 0) is 16.1 Å². The highest BCUT2D eigenvalue weighted by atomic mass is 19.1. The number of ether oxygens (including phenoxy) is 1. The lowest BCUT2D eigenvalue weighted by molar-refractivity contribution is -0.118. The Bertz CT molecular complexity index is 797. The van der Waals surface area contributed by atoms with Crippen LogP contribution >= 0.6 is 0 Å². The number of hydrogen-bond donors (Lipinski definition) is 1. The molecule has 0 radical (unpaired) electrons. The van der Waals surface area contributed by atoms with E-state index in [9.17, 15) is 14.0 Å². The molecule has 1 N–H and O–H groups in total. The largest absolute Gasteiger partial charge is 0.381 e. The van der Waals surface area contributed by atoms with Gasteiger partial charge in [0.2, 0.25) is 5.91 Å². The molecule has 1 aliphatic heterocycles. The van der Waals surface area contributed by atoms with E-state index >= 15 is 0 Å². The van der Waals surface area contributed by atoms with E-state index in [2.05, 4.69) is 5.32 Å². The Morgan fingerprint density at radius 1 is 1.32 bits per heavy atom. The number of anilines is 1. The van der Waals surface area contributed by atoms with Gasteiger partial charge in [-0.05, 0) is 42.5 Å². The normalized spacial score (nSPS) is 17.2. The number of rotatable bonds is 5. The Hall–Kier alpha value is -2.47. The van der Waals surface area contributed by atoms with Crippen LogP contribution in [0.3, 0.4) is 0 Å². The Balaban J connectivity index is 1.66. The van der Waals surface area contributed by atoms with Crippen molar-refractivity contribution < 1.29 is 13.9 Å². The van der Waals surface area contributed by atoms with Gasteiger partial charge in [0, 0.05) is 31.9 Å². The van der Waals surface area contributed by atoms with Crippen molar-refractivity contribution in [3.05, 3.63) is 64.3 Å². The van der Waals surface area contributed by atoms with E-state index in [0.717, 1.165) is 19.4 Å². The first-order valence-corrected chi connectivity index (χ1v) is 8.43. The first-order chi connectivity index (χ1) is 12.1. The molecular weight excluding hydrogens is 323 g/mol. The van der Waals surface area contributed by atoms with Crippen LogP contribution in [0.15, 0.2) is 47.4 Å². The number of pyridine rings is 1. The predicted octanol–water partition coefficient (Wildman–Crippen LogP) is 2.79. The highest BCUT2D eigenvalue weighted by Crippen LogP contribution is 2.18. The number of hydrogen-bond acceptors (Lipinski definition) is 3. The molecule has 0 saturated carbocycles. The number of carbonyl (C=O) groups is 1. The molecule has 132 valence electrons. The van der Waals surface area contributed by atoms with E-state index in [4.69, 9.17) is 4.74 Å². The number of halogens is 1. The Kier molecular flexibility index (Phi) is 5.60. The lowest BCUT2D eigenvalue weighted by Gasteiger charge is -2.21. The molecule has 3 rings (SSSR count). The molecule has 1 aromatic carbocycles. The monoisotopic (exact) mass is 344 g/mol. The third kappa shape index (κ3) is 5.00. The van der Waals surface area contributed by atoms with E-state index < -0.39 is 0 Å². The molecule has 1 fully saturated rings. The van der Waals surface area contributed by atoms with Crippen LogP contribution < -0.4 is 10.9 Å². The van der Waals surface area contributed by atoms with Crippen LogP contribution in [0.5, 0.6) is 0 Å². The second-order valence-corrected chi connectivity index (χ2v) is 6.35. The molecule has 5 nitrogen and oxygen atoms in total. The Morgan fingerprint density at radius 2 is 2.20 bits per heavy atom. The van der Waals surface area contributed by atoms with Gasteiger partial charge in [0.15, 0.2) is 0 Å². The SMILES string of the molecule is O=C(CC1CCCOC1)Nc1ccc(=O)n(Cc2cccc(F)c2)c1. The Morgan fingerprint density at radius 3 is 2.96 bits per heavy atom. The van der Waals surface area contributed by atoms with Crippen LogP contribution in [0.2, 0.25) is 0 Å². The lowest BCUT2D eigenvalue weighted by Crippen LogP contribution is -2.25. The van der Waals surface area contributed by atoms with Crippen molar-refractivity contribution in [2.45, 2.75) is 25.8 Å². The van der Waals surface area contributed by atoms with Gasteiger partial charge >= 0.3 is 0 Å². The summed E-state index contributed by atoms with van der Waals surface area (Å²) < 4.78 is 20.1. The fraction of sp³-hybridized carbons (Fsp3) is 0.368. The number of amides is 1. The minimum Gasteiger partial charge on any atom is -0.381 e. The van der Waals surface area contributed by atoms with Crippen molar-refractivity contribution in [3.63, 3.8) is 0 Å². The van der Waals surface area contributed by atoms with Gasteiger partial charge in [0.05, 0.1) is 12.2 Å². The first kappa shape index (κ1) is 17.4. The summed E-state index contributed by atoms with van der Waals surface area (Å²) in [6.07, 6.45) is 3.97. The predicted molar refractivity (Wildman–Crippen MR) is 93.0 cm³/mol. The molecule has 2 aromatic rings. The van der Waals surface area contributed by atoms with Crippen molar-refractivity contribution in [3.8, 4) is 0 Å². The molecule has 2 heterocycles. The van der Waals surface area contributed by atoms with Gasteiger partial charge < -0.3 is 14.6 Å². The maximum Gasteiger partial charge on any atom is 0.250 e. The first-order valence-electron chi connectivity index (χ1n) is 8.43. The van der Waals surface area contributed by atoms with E-state index in [-0.39, 0.29) is 29.7 Å². The molecule has 1 saturated heterocycles. The number of carbonyl (C=O) groups excluding carboxylic acids is 1. The zero-order chi connectivity index (χ0) is 17.6. The summed E-state index contributed by atoms with van der Waals surface area (Å²) in [5, 5.41) is 2.83. The van der Waals surface area contributed by atoms with E-state index in [1.54, 1.807) is 24.4 Å². The standard InChI is InChI=1S/C19H21FN2O3/c20-16-5-1-3-14(9-16)11-22-12-17(6-7-19(22)24)21-18(23)10-15-4-2-8-25-13-15/h1,3,5-7,9,12,15H,2,4,8,10-11,13H2,(H,21,23). The number of nitrogens with zero attached hydrogens (tertiary/aromatic N) is 1. The number of aromatic nitrogens is 1. The Labute approximate surface area is 145 Å². The van der Waals surface area contributed by atoms with Crippen LogP contribution in [0, 0.1) is 11.7 Å². The quantitative estimate of drug-likeness (QED) is 0.907. The second kappa shape index (κ2) is 8.07. The smallest absolute Gasteiger partial charge is 0.250 e. The van der Waals surface area contributed by atoms with E-state index in [0.29, 0.717) is 24.3 Å². The van der Waals surface area contributed by atoms with Crippen LogP contribution in [0.1, 0.15) is 24.8 Å². The molecule has 0 bridgehead atoms. The number of benzene rings is 1. The molecule has 0 aliphatic carbocycles. The van der Waals surface area contributed by atoms with Crippen LogP contribution in [-0.4, -0.2) is 23.7 Å². The van der Waals surface area contributed by atoms with Gasteiger partial charge in [-0.3, -0.25) is 9.59 Å². The summed E-state index contributed by atoms with van der Waals surface area (Å²) in [6.45, 7) is 1.63. The van der Waals surface area contributed by atoms with Crippen molar-refractivity contribution in [1.29, 1.82) is 0 Å². The minimum atomic E-state index is -0.343. The summed E-state index contributed by atoms with van der Waals surface area (Å²) >= 11 is 0. The number of nitrogens with one attached hydrogen (secondary N) is 1. The second-order valence-electron chi connectivity index (χ2n) is 6.35. The summed E-state index contributed by atoms with van der Waals surface area (Å²) in [7, 11) is 0. The molecule has 0 spiro atoms. The van der Waals surface area contributed by atoms with Gasteiger partial charge in [-0.2, -0.15) is 0 Å². The van der Waals surface area contributed by atoms with Crippen LogP contribution in [0.25, 0.3) is 0 Å². The van der Waals surface area contributed by atoms with Crippen molar-refractivity contribution >= 4 is 11.6 Å². The van der Waals surface area contributed by atoms with Crippen molar-refractivity contribution in [1.82, 2.24) is 4.57 Å². The average Bonchev–Trinajstić information content (AvgIpc) is 2.59. The van der Waals surface area contributed by atoms with E-state index in [1.165, 1.54) is 22.8 Å². The summed E-state index contributed by atoms with van der Waals surface area (Å²) in [5.74, 6) is -0.192. The molecule has 1 unspecified atom stereocenters. The van der Waals surface area contributed by atoms with Gasteiger partial charge in [-0.25, -0.2) is 4.39 Å². The third-order valence-electron chi connectivity index (χ3n) is 4.24. The molecular formula is C19H21FN2O3. The van der Waals surface area contributed by atoms with Gasteiger partial charge in [0.1, 0.15) is 5.82 Å².